The van der Waals surface area contributed by atoms with Crippen LogP contribution in [0.3, 0.4) is 0 Å². The van der Waals surface area contributed by atoms with Crippen LogP contribution in [0.4, 0.5) is 21.7 Å². The molecule has 11 heteroatoms. The molecule has 5 rings (SSSR count). The summed E-state index contributed by atoms with van der Waals surface area (Å²) in [6, 6.07) is 4.85. The van der Waals surface area contributed by atoms with Crippen LogP contribution in [0.1, 0.15) is 54.9 Å². The van der Waals surface area contributed by atoms with Crippen molar-refractivity contribution in [2.75, 3.05) is 24.8 Å². The van der Waals surface area contributed by atoms with Crippen molar-refractivity contribution in [1.82, 2.24) is 24.5 Å². The maximum Gasteiger partial charge on any atom is 0.274 e. The molecule has 2 unspecified atom stereocenters. The van der Waals surface area contributed by atoms with Crippen LogP contribution in [-0.2, 0) is 4.74 Å². The lowest BCUT2D eigenvalue weighted by molar-refractivity contribution is 0.0525. The highest BCUT2D eigenvalue weighted by Gasteiger charge is 2.33. The van der Waals surface area contributed by atoms with Crippen molar-refractivity contribution < 1.29 is 13.9 Å². The molecular weight excluding hydrogens is 453 g/mol. The van der Waals surface area contributed by atoms with Crippen molar-refractivity contribution in [1.29, 1.82) is 0 Å². The molecule has 3 aromatic heterocycles. The average molecular weight is 484 g/mol. The number of halogens is 1. The summed E-state index contributed by atoms with van der Waals surface area (Å²) in [4.78, 5) is 30.7. The van der Waals surface area contributed by atoms with E-state index >= 15 is 0 Å². The van der Waals surface area contributed by atoms with Gasteiger partial charge in [-0.2, -0.15) is 9.61 Å². The number of nitrogens with one attached hydrogen (secondary N) is 3. The number of pyridine rings is 1. The summed E-state index contributed by atoms with van der Waals surface area (Å²) < 4.78 is 22.5. The van der Waals surface area contributed by atoms with Gasteiger partial charge in [-0.25, -0.2) is 9.37 Å². The second kappa shape index (κ2) is 9.65. The number of anilines is 3. The van der Waals surface area contributed by atoms with Gasteiger partial charge in [-0.3, -0.25) is 9.59 Å². The SMILES string of the molecule is CNc1cc(Nc2cccn(C3CCC[C@@H](OC)C3)c2=O)nc2c(C(=O)NC3CC[C@@H]3F)cnn12. The van der Waals surface area contributed by atoms with Crippen molar-refractivity contribution in [2.45, 2.75) is 62.9 Å². The Morgan fingerprint density at radius 3 is 2.83 bits per heavy atom. The van der Waals surface area contributed by atoms with Crippen LogP contribution in [0.15, 0.2) is 35.4 Å². The number of amides is 1. The van der Waals surface area contributed by atoms with Gasteiger partial charge in [0.2, 0.25) is 0 Å². The Balaban J connectivity index is 1.44. The highest BCUT2D eigenvalue weighted by atomic mass is 19.1. The molecule has 10 nitrogen and oxygen atoms in total. The van der Waals surface area contributed by atoms with E-state index in [1.54, 1.807) is 30.9 Å². The van der Waals surface area contributed by atoms with Gasteiger partial charge in [0.05, 0.1) is 18.3 Å². The number of methoxy groups -OCH3 is 1. The maximum absolute atomic E-state index is 13.7. The van der Waals surface area contributed by atoms with Crippen molar-refractivity contribution in [3.05, 3.63) is 46.5 Å². The van der Waals surface area contributed by atoms with Gasteiger partial charge in [0.25, 0.3) is 11.5 Å². The van der Waals surface area contributed by atoms with Crippen LogP contribution in [0.2, 0.25) is 0 Å². The zero-order chi connectivity index (χ0) is 24.5. The Hall–Kier alpha value is -3.47. The number of carbonyl (C=O) groups excluding carboxylic acids is 1. The minimum absolute atomic E-state index is 0.0715. The van der Waals surface area contributed by atoms with Crippen LogP contribution >= 0.6 is 0 Å². The van der Waals surface area contributed by atoms with Crippen LogP contribution in [0.5, 0.6) is 0 Å². The molecular formula is C24H30FN7O3. The normalized spacial score (nSPS) is 24.1. The molecule has 0 saturated heterocycles. The summed E-state index contributed by atoms with van der Waals surface area (Å²) in [6.07, 6.45) is 7.15. The first-order chi connectivity index (χ1) is 17.0. The fraction of sp³-hybridized carbons (Fsp3) is 0.500. The summed E-state index contributed by atoms with van der Waals surface area (Å²) >= 11 is 0. The van der Waals surface area contributed by atoms with Crippen molar-refractivity contribution >= 4 is 28.9 Å². The standard InChI is InChI=1S/C24H30FN7O3/c1-26-21-12-20(30-22-16(13-27-32(21)22)23(33)29-18-9-8-17(18)25)28-19-7-4-10-31(24(19)34)14-5-3-6-15(11-14)35-2/h4,7,10,12-15,17-18,26H,3,5-6,8-9,11H2,1-2H3,(H,28,30)(H,29,33)/t14?,15-,17+,18?/m1/s1. The molecule has 0 spiro atoms. The fourth-order valence-electron chi connectivity index (χ4n) is 4.85. The van der Waals surface area contributed by atoms with Gasteiger partial charge in [-0.05, 0) is 50.7 Å². The molecule has 3 N–H and O–H groups in total. The predicted octanol–water partition coefficient (Wildman–Crippen LogP) is 3.04. The summed E-state index contributed by atoms with van der Waals surface area (Å²) in [7, 11) is 3.44. The molecule has 0 radical (unpaired) electrons. The fourth-order valence-corrected chi connectivity index (χ4v) is 4.85. The van der Waals surface area contributed by atoms with Crippen molar-refractivity contribution in [3.63, 3.8) is 0 Å². The average Bonchev–Trinajstić information content (AvgIpc) is 3.31. The van der Waals surface area contributed by atoms with Crippen LogP contribution in [0, 0.1) is 0 Å². The van der Waals surface area contributed by atoms with E-state index in [-0.39, 0.29) is 23.3 Å². The molecule has 2 fully saturated rings. The minimum Gasteiger partial charge on any atom is -0.381 e. The lowest BCUT2D eigenvalue weighted by Crippen LogP contribution is -2.48. The maximum atomic E-state index is 13.7. The molecule has 0 bridgehead atoms. The number of hydrogen-bond acceptors (Lipinski definition) is 7. The third-order valence-corrected chi connectivity index (χ3v) is 7.04. The largest absolute Gasteiger partial charge is 0.381 e. The van der Waals surface area contributed by atoms with Gasteiger partial charge in [-0.15, -0.1) is 0 Å². The number of rotatable bonds is 7. The van der Waals surface area contributed by atoms with E-state index in [4.69, 9.17) is 4.74 Å². The molecule has 4 atom stereocenters. The molecule has 2 saturated carbocycles. The van der Waals surface area contributed by atoms with Gasteiger partial charge in [0.1, 0.15) is 29.1 Å². The van der Waals surface area contributed by atoms with Gasteiger partial charge in [0.15, 0.2) is 5.65 Å². The summed E-state index contributed by atoms with van der Waals surface area (Å²) in [6.45, 7) is 0. The first-order valence-corrected chi connectivity index (χ1v) is 12.0. The molecule has 3 heterocycles. The third-order valence-electron chi connectivity index (χ3n) is 7.04. The Bertz CT molecular complexity index is 1290. The number of alkyl halides is 1. The third kappa shape index (κ3) is 4.47. The van der Waals surface area contributed by atoms with Crippen LogP contribution in [0.25, 0.3) is 5.65 Å². The lowest BCUT2D eigenvalue weighted by atomic mass is 9.90. The zero-order valence-corrected chi connectivity index (χ0v) is 19.8. The second-order valence-electron chi connectivity index (χ2n) is 9.18. The number of hydrogen-bond donors (Lipinski definition) is 3. The first kappa shape index (κ1) is 23.3. The predicted molar refractivity (Wildman–Crippen MR) is 130 cm³/mol. The van der Waals surface area contributed by atoms with Gasteiger partial charge in [-0.1, -0.05) is 0 Å². The molecule has 0 aromatic carbocycles. The highest BCUT2D eigenvalue weighted by molar-refractivity contribution is 6.00. The summed E-state index contributed by atoms with van der Waals surface area (Å²) in [5, 5.41) is 13.1. The Morgan fingerprint density at radius 2 is 2.11 bits per heavy atom. The quantitative estimate of drug-likeness (QED) is 0.473. The number of fused-ring (bicyclic) bond motifs is 1. The van der Waals surface area contributed by atoms with E-state index in [2.05, 4.69) is 26.0 Å². The number of aromatic nitrogens is 4. The van der Waals surface area contributed by atoms with Gasteiger partial charge in [0, 0.05) is 32.5 Å². The zero-order valence-electron chi connectivity index (χ0n) is 19.8. The number of nitrogens with zero attached hydrogens (tertiary/aromatic N) is 4. The molecule has 2 aliphatic carbocycles. The van der Waals surface area contributed by atoms with E-state index in [0.29, 0.717) is 35.8 Å². The van der Waals surface area contributed by atoms with Crippen LogP contribution in [-0.4, -0.2) is 57.5 Å². The van der Waals surface area contributed by atoms with E-state index in [1.807, 2.05) is 12.3 Å². The molecule has 186 valence electrons. The Labute approximate surface area is 201 Å². The van der Waals surface area contributed by atoms with Crippen LogP contribution < -0.4 is 21.5 Å². The Morgan fingerprint density at radius 1 is 1.26 bits per heavy atom. The molecule has 2 aliphatic rings. The van der Waals surface area contributed by atoms with E-state index in [9.17, 15) is 14.0 Å². The molecule has 3 aromatic rings. The van der Waals surface area contributed by atoms with Crippen molar-refractivity contribution in [3.8, 4) is 0 Å². The molecule has 35 heavy (non-hydrogen) atoms. The topological polar surface area (TPSA) is 115 Å². The van der Waals surface area contributed by atoms with E-state index in [1.165, 1.54) is 10.7 Å². The van der Waals surface area contributed by atoms with Crippen molar-refractivity contribution in [2.24, 2.45) is 0 Å². The first-order valence-electron chi connectivity index (χ1n) is 12.0. The molecule has 1 amide bonds. The Kier molecular flexibility index (Phi) is 6.42. The number of carbonyl (C=O) groups is 1. The van der Waals surface area contributed by atoms with E-state index in [0.717, 1.165) is 25.7 Å². The molecule has 0 aliphatic heterocycles. The summed E-state index contributed by atoms with van der Waals surface area (Å²) in [5.41, 5.74) is 0.777. The van der Waals surface area contributed by atoms with Gasteiger partial charge < -0.3 is 25.3 Å². The second-order valence-corrected chi connectivity index (χ2v) is 9.18. The van der Waals surface area contributed by atoms with Gasteiger partial charge >= 0.3 is 0 Å². The minimum atomic E-state index is -1.03. The monoisotopic (exact) mass is 483 g/mol. The highest BCUT2D eigenvalue weighted by Crippen LogP contribution is 2.29. The number of ether oxygens (including phenoxy) is 1. The summed E-state index contributed by atoms with van der Waals surface area (Å²) in [5.74, 6) is 0.540. The smallest absolute Gasteiger partial charge is 0.274 e. The lowest BCUT2D eigenvalue weighted by Gasteiger charge is -2.30. The van der Waals surface area contributed by atoms with E-state index < -0.39 is 18.1 Å².